The first kappa shape index (κ1) is 14.3. The Kier molecular flexibility index (Phi) is 4.16. The number of sulfonamides is 1. The third kappa shape index (κ3) is 2.92. The zero-order valence-corrected chi connectivity index (χ0v) is 12.5. The van der Waals surface area contributed by atoms with Crippen molar-refractivity contribution in [1.82, 2.24) is 4.31 Å². The van der Waals surface area contributed by atoms with E-state index in [1.54, 1.807) is 10.4 Å². The molecule has 1 fully saturated rings. The highest BCUT2D eigenvalue weighted by Crippen LogP contribution is 2.27. The highest BCUT2D eigenvalue weighted by Gasteiger charge is 2.27. The van der Waals surface area contributed by atoms with Gasteiger partial charge in [0.25, 0.3) is 0 Å². The average molecular weight is 282 g/mol. The van der Waals surface area contributed by atoms with Crippen molar-refractivity contribution in [3.05, 3.63) is 23.3 Å². The van der Waals surface area contributed by atoms with Gasteiger partial charge in [-0.1, -0.05) is 12.8 Å². The molecule has 1 aliphatic rings. The zero-order valence-electron chi connectivity index (χ0n) is 11.6. The van der Waals surface area contributed by atoms with Crippen molar-refractivity contribution >= 4 is 15.7 Å². The smallest absolute Gasteiger partial charge is 0.243 e. The summed E-state index contributed by atoms with van der Waals surface area (Å²) in [6, 6.07) is 3.40. The summed E-state index contributed by atoms with van der Waals surface area (Å²) < 4.78 is 27.1. The number of nitrogen functional groups attached to an aromatic ring is 1. The van der Waals surface area contributed by atoms with E-state index in [0.717, 1.165) is 36.8 Å². The molecule has 1 aromatic carbocycles. The Balaban J connectivity index is 2.44. The minimum Gasteiger partial charge on any atom is -0.399 e. The van der Waals surface area contributed by atoms with Gasteiger partial charge in [-0.05, 0) is 49.9 Å². The molecule has 0 spiro atoms. The fourth-order valence-corrected chi connectivity index (χ4v) is 4.39. The third-order valence-corrected chi connectivity index (χ3v) is 5.85. The Morgan fingerprint density at radius 3 is 2.21 bits per heavy atom. The van der Waals surface area contributed by atoms with Crippen LogP contribution in [0.4, 0.5) is 5.69 Å². The SMILES string of the molecule is Cc1cc(N)cc(S(=O)(=O)N2CCCCCC2)c1C. The number of benzene rings is 1. The van der Waals surface area contributed by atoms with Gasteiger partial charge in [-0.2, -0.15) is 4.31 Å². The van der Waals surface area contributed by atoms with E-state index in [2.05, 4.69) is 0 Å². The maximum absolute atomic E-state index is 12.7. The molecule has 5 heteroatoms. The molecule has 2 N–H and O–H groups in total. The summed E-state index contributed by atoms with van der Waals surface area (Å²) in [6.07, 6.45) is 4.11. The molecular weight excluding hydrogens is 260 g/mol. The van der Waals surface area contributed by atoms with E-state index in [1.165, 1.54) is 0 Å². The average Bonchev–Trinajstić information content (AvgIpc) is 2.62. The van der Waals surface area contributed by atoms with Crippen LogP contribution < -0.4 is 5.73 Å². The normalized spacial score (nSPS) is 18.2. The molecule has 2 rings (SSSR count). The predicted molar refractivity (Wildman–Crippen MR) is 77.6 cm³/mol. The number of hydrogen-bond acceptors (Lipinski definition) is 3. The van der Waals surface area contributed by atoms with Crippen LogP contribution in [0.15, 0.2) is 17.0 Å². The standard InChI is InChI=1S/C14H22N2O2S/c1-11-9-13(15)10-14(12(11)2)19(17,18)16-7-5-3-4-6-8-16/h9-10H,3-8,15H2,1-2H3. The number of nitrogens with two attached hydrogens (primary N) is 1. The summed E-state index contributed by atoms with van der Waals surface area (Å²) >= 11 is 0. The molecule has 1 heterocycles. The largest absolute Gasteiger partial charge is 0.399 e. The summed E-state index contributed by atoms with van der Waals surface area (Å²) in [4.78, 5) is 0.368. The van der Waals surface area contributed by atoms with Gasteiger partial charge in [0.15, 0.2) is 0 Å². The summed E-state index contributed by atoms with van der Waals surface area (Å²) in [7, 11) is -3.41. The van der Waals surface area contributed by atoms with Gasteiger partial charge in [0, 0.05) is 18.8 Å². The van der Waals surface area contributed by atoms with Crippen LogP contribution >= 0.6 is 0 Å². The van der Waals surface area contributed by atoms with Crippen molar-refractivity contribution in [3.63, 3.8) is 0 Å². The number of rotatable bonds is 2. The molecule has 0 saturated carbocycles. The van der Waals surface area contributed by atoms with Crippen molar-refractivity contribution in [2.75, 3.05) is 18.8 Å². The Morgan fingerprint density at radius 1 is 1.05 bits per heavy atom. The van der Waals surface area contributed by atoms with Gasteiger partial charge in [0.2, 0.25) is 10.0 Å². The second kappa shape index (κ2) is 5.51. The van der Waals surface area contributed by atoms with Gasteiger partial charge in [-0.3, -0.25) is 0 Å². The third-order valence-electron chi connectivity index (χ3n) is 3.82. The highest BCUT2D eigenvalue weighted by molar-refractivity contribution is 7.89. The molecule has 0 aromatic heterocycles. The van der Waals surface area contributed by atoms with E-state index in [4.69, 9.17) is 5.73 Å². The fraction of sp³-hybridized carbons (Fsp3) is 0.571. The van der Waals surface area contributed by atoms with Gasteiger partial charge in [0.1, 0.15) is 0 Å². The van der Waals surface area contributed by atoms with Crippen LogP contribution in [0.3, 0.4) is 0 Å². The first-order valence-electron chi connectivity index (χ1n) is 6.80. The van der Waals surface area contributed by atoms with Crippen LogP contribution in [-0.4, -0.2) is 25.8 Å². The van der Waals surface area contributed by atoms with Crippen molar-refractivity contribution < 1.29 is 8.42 Å². The lowest BCUT2D eigenvalue weighted by Gasteiger charge is -2.22. The first-order chi connectivity index (χ1) is 8.93. The molecule has 106 valence electrons. The molecule has 0 aliphatic carbocycles. The molecule has 19 heavy (non-hydrogen) atoms. The lowest BCUT2D eigenvalue weighted by Crippen LogP contribution is -2.32. The molecule has 4 nitrogen and oxygen atoms in total. The Hall–Kier alpha value is -1.07. The maximum Gasteiger partial charge on any atom is 0.243 e. The van der Waals surface area contributed by atoms with Gasteiger partial charge in [0.05, 0.1) is 4.90 Å². The number of hydrogen-bond donors (Lipinski definition) is 1. The van der Waals surface area contributed by atoms with Crippen LogP contribution in [0.2, 0.25) is 0 Å². The molecular formula is C14H22N2O2S. The van der Waals surface area contributed by atoms with Gasteiger partial charge in [-0.15, -0.1) is 0 Å². The monoisotopic (exact) mass is 282 g/mol. The van der Waals surface area contributed by atoms with E-state index in [-0.39, 0.29) is 0 Å². The lowest BCUT2D eigenvalue weighted by molar-refractivity contribution is 0.423. The van der Waals surface area contributed by atoms with Gasteiger partial charge in [-0.25, -0.2) is 8.42 Å². The molecule has 1 aromatic rings. The van der Waals surface area contributed by atoms with E-state index >= 15 is 0 Å². The minimum absolute atomic E-state index is 0.368. The predicted octanol–water partition coefficient (Wildman–Crippen LogP) is 2.45. The Bertz CT molecular complexity index is 559. The van der Waals surface area contributed by atoms with Crippen LogP contribution in [-0.2, 0) is 10.0 Å². The molecule has 0 radical (unpaired) electrons. The van der Waals surface area contributed by atoms with E-state index in [1.807, 2.05) is 19.9 Å². The van der Waals surface area contributed by atoms with Crippen LogP contribution in [0.1, 0.15) is 36.8 Å². The Labute approximate surface area is 115 Å². The minimum atomic E-state index is -3.41. The van der Waals surface area contributed by atoms with E-state index in [0.29, 0.717) is 23.7 Å². The van der Waals surface area contributed by atoms with Crippen LogP contribution in [0, 0.1) is 13.8 Å². The zero-order chi connectivity index (χ0) is 14.0. The summed E-state index contributed by atoms with van der Waals surface area (Å²) in [5.74, 6) is 0. The molecule has 0 atom stereocenters. The maximum atomic E-state index is 12.7. The molecule has 1 saturated heterocycles. The number of anilines is 1. The quantitative estimate of drug-likeness (QED) is 0.847. The molecule has 1 aliphatic heterocycles. The molecule has 0 amide bonds. The Morgan fingerprint density at radius 2 is 1.63 bits per heavy atom. The van der Waals surface area contributed by atoms with Crippen LogP contribution in [0.5, 0.6) is 0 Å². The summed E-state index contributed by atoms with van der Waals surface area (Å²) in [5, 5.41) is 0. The summed E-state index contributed by atoms with van der Waals surface area (Å²) in [6.45, 7) is 4.98. The first-order valence-corrected chi connectivity index (χ1v) is 8.24. The van der Waals surface area contributed by atoms with Gasteiger partial charge < -0.3 is 5.73 Å². The van der Waals surface area contributed by atoms with Crippen molar-refractivity contribution in [2.45, 2.75) is 44.4 Å². The highest BCUT2D eigenvalue weighted by atomic mass is 32.2. The number of nitrogens with zero attached hydrogens (tertiary/aromatic N) is 1. The summed E-state index contributed by atoms with van der Waals surface area (Å²) in [5.41, 5.74) is 8.04. The lowest BCUT2D eigenvalue weighted by atomic mass is 10.1. The van der Waals surface area contributed by atoms with Crippen molar-refractivity contribution in [3.8, 4) is 0 Å². The fourth-order valence-electron chi connectivity index (χ4n) is 2.54. The molecule has 0 unspecified atom stereocenters. The topological polar surface area (TPSA) is 63.4 Å². The second-order valence-corrected chi connectivity index (χ2v) is 7.19. The second-order valence-electron chi connectivity index (χ2n) is 5.28. The molecule has 0 bridgehead atoms. The van der Waals surface area contributed by atoms with Crippen molar-refractivity contribution in [1.29, 1.82) is 0 Å². The van der Waals surface area contributed by atoms with Crippen LogP contribution in [0.25, 0.3) is 0 Å². The number of aryl methyl sites for hydroxylation is 1. The van der Waals surface area contributed by atoms with Crippen molar-refractivity contribution in [2.24, 2.45) is 0 Å². The van der Waals surface area contributed by atoms with Gasteiger partial charge >= 0.3 is 0 Å². The van der Waals surface area contributed by atoms with E-state index in [9.17, 15) is 8.42 Å². The van der Waals surface area contributed by atoms with E-state index < -0.39 is 10.0 Å².